The highest BCUT2D eigenvalue weighted by atomic mass is 16.5. The smallest absolute Gasteiger partial charge is 0.253 e. The van der Waals surface area contributed by atoms with Crippen LogP contribution in [-0.4, -0.2) is 31.5 Å². The molecule has 0 saturated heterocycles. The molecule has 1 rings (SSSR count). The monoisotopic (exact) mass is 250 g/mol. The van der Waals surface area contributed by atoms with Gasteiger partial charge in [0.2, 0.25) is 0 Å². The van der Waals surface area contributed by atoms with Crippen LogP contribution in [0.5, 0.6) is 5.75 Å². The Morgan fingerprint density at radius 3 is 2.72 bits per heavy atom. The minimum Gasteiger partial charge on any atom is -0.495 e. The van der Waals surface area contributed by atoms with Gasteiger partial charge in [-0.1, -0.05) is 20.3 Å². The maximum Gasteiger partial charge on any atom is 0.253 e. The number of anilines is 1. The number of carbonyl (C=O) groups excluding carboxylic acids is 1. The molecular formula is C14H22N2O2. The fourth-order valence-electron chi connectivity index (χ4n) is 1.74. The highest BCUT2D eigenvalue weighted by Gasteiger charge is 2.15. The number of carbonyl (C=O) groups is 1. The molecular weight excluding hydrogens is 228 g/mol. The first-order valence-corrected chi connectivity index (χ1v) is 6.18. The van der Waals surface area contributed by atoms with Crippen molar-refractivity contribution in [2.24, 2.45) is 5.92 Å². The molecule has 0 fully saturated rings. The molecule has 0 radical (unpaired) electrons. The van der Waals surface area contributed by atoms with Crippen molar-refractivity contribution >= 4 is 11.6 Å². The van der Waals surface area contributed by atoms with Crippen molar-refractivity contribution in [1.29, 1.82) is 0 Å². The molecule has 4 heteroatoms. The summed E-state index contributed by atoms with van der Waals surface area (Å²) in [5.41, 5.74) is 6.87. The SMILES string of the molecule is CCC(C)CN(C)C(=O)c1ccc(N)c(OC)c1. The van der Waals surface area contributed by atoms with Gasteiger partial charge in [0.05, 0.1) is 12.8 Å². The largest absolute Gasteiger partial charge is 0.495 e. The van der Waals surface area contributed by atoms with Crippen molar-refractivity contribution in [1.82, 2.24) is 4.90 Å². The van der Waals surface area contributed by atoms with E-state index in [4.69, 9.17) is 10.5 Å². The molecule has 1 aromatic carbocycles. The summed E-state index contributed by atoms with van der Waals surface area (Å²) in [7, 11) is 3.36. The number of hydrogen-bond donors (Lipinski definition) is 1. The fraction of sp³-hybridized carbons (Fsp3) is 0.500. The van der Waals surface area contributed by atoms with E-state index in [0.29, 0.717) is 22.9 Å². The van der Waals surface area contributed by atoms with Gasteiger partial charge in [0.25, 0.3) is 5.91 Å². The Kier molecular flexibility index (Phi) is 5.01. The summed E-state index contributed by atoms with van der Waals surface area (Å²) in [6.07, 6.45) is 1.06. The van der Waals surface area contributed by atoms with Gasteiger partial charge in [-0.25, -0.2) is 0 Å². The molecule has 18 heavy (non-hydrogen) atoms. The molecule has 0 aromatic heterocycles. The lowest BCUT2D eigenvalue weighted by molar-refractivity contribution is 0.0774. The molecule has 1 unspecified atom stereocenters. The molecule has 0 aliphatic rings. The van der Waals surface area contributed by atoms with Crippen LogP contribution in [0.4, 0.5) is 5.69 Å². The lowest BCUT2D eigenvalue weighted by Crippen LogP contribution is -2.30. The van der Waals surface area contributed by atoms with Crippen molar-refractivity contribution in [3.63, 3.8) is 0 Å². The Hall–Kier alpha value is -1.71. The van der Waals surface area contributed by atoms with E-state index in [-0.39, 0.29) is 5.91 Å². The van der Waals surface area contributed by atoms with Crippen molar-refractivity contribution in [3.05, 3.63) is 23.8 Å². The zero-order valence-corrected chi connectivity index (χ0v) is 11.6. The number of benzene rings is 1. The van der Waals surface area contributed by atoms with E-state index in [9.17, 15) is 4.79 Å². The van der Waals surface area contributed by atoms with Crippen molar-refractivity contribution in [2.75, 3.05) is 26.4 Å². The third-order valence-electron chi connectivity index (χ3n) is 3.11. The Labute approximate surface area is 109 Å². The lowest BCUT2D eigenvalue weighted by atomic mass is 10.1. The second kappa shape index (κ2) is 6.28. The quantitative estimate of drug-likeness (QED) is 0.816. The molecule has 0 bridgehead atoms. The van der Waals surface area contributed by atoms with E-state index in [1.54, 1.807) is 30.2 Å². The summed E-state index contributed by atoms with van der Waals surface area (Å²) in [4.78, 5) is 13.9. The Bertz CT molecular complexity index is 418. The normalized spacial score (nSPS) is 12.0. The van der Waals surface area contributed by atoms with Crippen LogP contribution in [0.2, 0.25) is 0 Å². The number of nitrogen functional groups attached to an aromatic ring is 1. The lowest BCUT2D eigenvalue weighted by Gasteiger charge is -2.21. The number of nitrogens with zero attached hydrogens (tertiary/aromatic N) is 1. The molecule has 0 spiro atoms. The van der Waals surface area contributed by atoms with Crippen LogP contribution in [0.15, 0.2) is 18.2 Å². The van der Waals surface area contributed by atoms with E-state index in [1.165, 1.54) is 0 Å². The molecule has 0 aliphatic heterocycles. The Balaban J connectivity index is 2.83. The maximum absolute atomic E-state index is 12.2. The van der Waals surface area contributed by atoms with E-state index in [1.807, 2.05) is 7.05 Å². The van der Waals surface area contributed by atoms with Gasteiger partial charge in [-0.15, -0.1) is 0 Å². The minimum atomic E-state index is -0.00593. The summed E-state index contributed by atoms with van der Waals surface area (Å²) in [5, 5.41) is 0. The highest BCUT2D eigenvalue weighted by molar-refractivity contribution is 5.95. The van der Waals surface area contributed by atoms with E-state index < -0.39 is 0 Å². The summed E-state index contributed by atoms with van der Waals surface area (Å²) < 4.78 is 5.12. The van der Waals surface area contributed by atoms with E-state index in [0.717, 1.165) is 13.0 Å². The number of amides is 1. The first kappa shape index (κ1) is 14.4. The molecule has 0 heterocycles. The average Bonchev–Trinajstić information content (AvgIpc) is 2.38. The molecule has 0 saturated carbocycles. The second-order valence-electron chi connectivity index (χ2n) is 4.66. The zero-order chi connectivity index (χ0) is 13.7. The third kappa shape index (κ3) is 3.39. The van der Waals surface area contributed by atoms with Gasteiger partial charge in [-0.2, -0.15) is 0 Å². The van der Waals surface area contributed by atoms with Crippen molar-refractivity contribution in [3.8, 4) is 5.75 Å². The Morgan fingerprint density at radius 1 is 1.50 bits per heavy atom. The summed E-state index contributed by atoms with van der Waals surface area (Å²) >= 11 is 0. The van der Waals surface area contributed by atoms with Gasteiger partial charge >= 0.3 is 0 Å². The van der Waals surface area contributed by atoms with Gasteiger partial charge in [0.1, 0.15) is 5.75 Å². The summed E-state index contributed by atoms with van der Waals surface area (Å²) in [6, 6.07) is 5.11. The van der Waals surface area contributed by atoms with Crippen LogP contribution in [0, 0.1) is 5.92 Å². The van der Waals surface area contributed by atoms with Gasteiger partial charge < -0.3 is 15.4 Å². The first-order valence-electron chi connectivity index (χ1n) is 6.18. The molecule has 0 aliphatic carbocycles. The second-order valence-corrected chi connectivity index (χ2v) is 4.66. The maximum atomic E-state index is 12.2. The molecule has 1 amide bonds. The predicted molar refractivity (Wildman–Crippen MR) is 73.8 cm³/mol. The third-order valence-corrected chi connectivity index (χ3v) is 3.11. The van der Waals surface area contributed by atoms with Crippen LogP contribution in [0.25, 0.3) is 0 Å². The zero-order valence-electron chi connectivity index (χ0n) is 11.6. The van der Waals surface area contributed by atoms with Crippen LogP contribution < -0.4 is 10.5 Å². The van der Waals surface area contributed by atoms with E-state index >= 15 is 0 Å². The van der Waals surface area contributed by atoms with Crippen molar-refractivity contribution < 1.29 is 9.53 Å². The number of hydrogen-bond acceptors (Lipinski definition) is 3. The van der Waals surface area contributed by atoms with Crippen LogP contribution in [0.1, 0.15) is 30.6 Å². The number of nitrogens with two attached hydrogens (primary N) is 1. The molecule has 4 nitrogen and oxygen atoms in total. The van der Waals surface area contributed by atoms with Crippen LogP contribution in [-0.2, 0) is 0 Å². The molecule has 1 atom stereocenters. The van der Waals surface area contributed by atoms with Gasteiger partial charge in [0, 0.05) is 19.2 Å². The van der Waals surface area contributed by atoms with Gasteiger partial charge in [0.15, 0.2) is 0 Å². The summed E-state index contributed by atoms with van der Waals surface area (Å²) in [6.45, 7) is 5.00. The number of methoxy groups -OCH3 is 1. The van der Waals surface area contributed by atoms with Crippen LogP contribution >= 0.6 is 0 Å². The number of rotatable bonds is 5. The minimum absolute atomic E-state index is 0.00593. The standard InChI is InChI=1S/C14H22N2O2/c1-5-10(2)9-16(3)14(17)11-6-7-12(15)13(8-11)18-4/h6-8,10H,5,9,15H2,1-4H3. The Morgan fingerprint density at radius 2 is 2.17 bits per heavy atom. The average molecular weight is 250 g/mol. The topological polar surface area (TPSA) is 55.6 Å². The van der Waals surface area contributed by atoms with Crippen molar-refractivity contribution in [2.45, 2.75) is 20.3 Å². The first-order chi connectivity index (χ1) is 8.49. The van der Waals surface area contributed by atoms with Crippen LogP contribution in [0.3, 0.4) is 0 Å². The van der Waals surface area contributed by atoms with Gasteiger partial charge in [-0.3, -0.25) is 4.79 Å². The molecule has 2 N–H and O–H groups in total. The number of ether oxygens (including phenoxy) is 1. The predicted octanol–water partition coefficient (Wildman–Crippen LogP) is 2.40. The highest BCUT2D eigenvalue weighted by Crippen LogP contribution is 2.23. The molecule has 100 valence electrons. The summed E-state index contributed by atoms with van der Waals surface area (Å²) in [5.74, 6) is 1.03. The molecule has 1 aromatic rings. The van der Waals surface area contributed by atoms with Gasteiger partial charge in [-0.05, 0) is 24.1 Å². The van der Waals surface area contributed by atoms with E-state index in [2.05, 4.69) is 13.8 Å². The fourth-order valence-corrected chi connectivity index (χ4v) is 1.74.